The van der Waals surface area contributed by atoms with Crippen molar-refractivity contribution in [2.75, 3.05) is 7.05 Å². The zero-order chi connectivity index (χ0) is 16.1. The molecule has 0 atom stereocenters. The van der Waals surface area contributed by atoms with Gasteiger partial charge in [-0.25, -0.2) is 4.99 Å². The van der Waals surface area contributed by atoms with Crippen molar-refractivity contribution < 1.29 is 9.72 Å². The zero-order valence-corrected chi connectivity index (χ0v) is 13.2. The molecule has 0 aromatic heterocycles. The highest BCUT2D eigenvalue weighted by molar-refractivity contribution is 9.10. The van der Waals surface area contributed by atoms with Gasteiger partial charge in [-0.1, -0.05) is 15.9 Å². The van der Waals surface area contributed by atoms with E-state index in [0.717, 1.165) is 4.47 Å². The predicted octanol–water partition coefficient (Wildman–Crippen LogP) is 3.79. The number of amides is 1. The second kappa shape index (κ2) is 6.95. The van der Waals surface area contributed by atoms with E-state index >= 15 is 0 Å². The van der Waals surface area contributed by atoms with Crippen molar-refractivity contribution in [2.24, 2.45) is 4.99 Å². The number of rotatable bonds is 4. The van der Waals surface area contributed by atoms with Crippen LogP contribution >= 0.6 is 15.9 Å². The number of hydrogen-bond donors (Lipinski definition) is 0. The minimum absolute atomic E-state index is 0.0530. The van der Waals surface area contributed by atoms with Crippen LogP contribution in [-0.4, -0.2) is 29.1 Å². The molecule has 6 nitrogen and oxygen atoms in total. The van der Waals surface area contributed by atoms with E-state index in [2.05, 4.69) is 20.9 Å². The largest absolute Gasteiger partial charge is 0.302 e. The number of benzene rings is 2. The lowest BCUT2D eigenvalue weighted by Gasteiger charge is -2.10. The molecule has 0 bridgehead atoms. The van der Waals surface area contributed by atoms with Crippen LogP contribution < -0.4 is 0 Å². The molecule has 0 heterocycles. The van der Waals surface area contributed by atoms with Crippen LogP contribution in [0.4, 0.5) is 11.4 Å². The van der Waals surface area contributed by atoms with E-state index in [0.29, 0.717) is 11.3 Å². The predicted molar refractivity (Wildman–Crippen MR) is 87.5 cm³/mol. The molecule has 0 N–H and O–H groups in total. The van der Waals surface area contributed by atoms with Crippen LogP contribution in [0.15, 0.2) is 58.0 Å². The molecule has 7 heteroatoms. The Morgan fingerprint density at radius 1 is 1.18 bits per heavy atom. The van der Waals surface area contributed by atoms with E-state index < -0.39 is 4.92 Å². The number of carbonyl (C=O) groups is 1. The normalized spacial score (nSPS) is 10.6. The summed E-state index contributed by atoms with van der Waals surface area (Å²) in [7, 11) is 1.58. The molecular formula is C15H12BrN3O3. The molecule has 0 saturated carbocycles. The maximum Gasteiger partial charge on any atom is 0.269 e. The van der Waals surface area contributed by atoms with Crippen LogP contribution in [0, 0.1) is 10.1 Å². The number of non-ortho nitro benzene ring substituents is 1. The van der Waals surface area contributed by atoms with Gasteiger partial charge in [0.15, 0.2) is 0 Å². The molecule has 2 rings (SSSR count). The Balaban J connectivity index is 2.08. The summed E-state index contributed by atoms with van der Waals surface area (Å²) in [5.41, 5.74) is 1.02. The highest BCUT2D eigenvalue weighted by Gasteiger charge is 2.12. The molecule has 0 aliphatic rings. The lowest BCUT2D eigenvalue weighted by Crippen LogP contribution is -2.24. The quantitative estimate of drug-likeness (QED) is 0.359. The average Bonchev–Trinajstić information content (AvgIpc) is 2.53. The van der Waals surface area contributed by atoms with E-state index in [1.54, 1.807) is 7.05 Å². The highest BCUT2D eigenvalue weighted by Crippen LogP contribution is 2.17. The highest BCUT2D eigenvalue weighted by atomic mass is 79.9. The maximum absolute atomic E-state index is 12.2. The molecule has 0 fully saturated rings. The molecule has 0 aliphatic carbocycles. The third-order valence-corrected chi connectivity index (χ3v) is 3.38. The fraction of sp³-hybridized carbons (Fsp3) is 0.0667. The van der Waals surface area contributed by atoms with Crippen LogP contribution in [0.2, 0.25) is 0 Å². The summed E-state index contributed by atoms with van der Waals surface area (Å²) in [5, 5.41) is 10.6. The van der Waals surface area contributed by atoms with Crippen molar-refractivity contribution in [3.8, 4) is 0 Å². The Morgan fingerprint density at radius 3 is 2.32 bits per heavy atom. The van der Waals surface area contributed by atoms with E-state index in [9.17, 15) is 14.9 Å². The van der Waals surface area contributed by atoms with Gasteiger partial charge in [-0.15, -0.1) is 0 Å². The topological polar surface area (TPSA) is 75.8 Å². The molecule has 22 heavy (non-hydrogen) atoms. The van der Waals surface area contributed by atoms with Crippen molar-refractivity contribution in [1.29, 1.82) is 0 Å². The number of carbonyl (C=O) groups excluding carboxylic acids is 1. The smallest absolute Gasteiger partial charge is 0.269 e. The maximum atomic E-state index is 12.2. The SMILES string of the molecule is CN(C=Nc1ccc(Br)cc1)C(=O)c1ccc([N+](=O)[O-])cc1. The van der Waals surface area contributed by atoms with Crippen molar-refractivity contribution in [3.63, 3.8) is 0 Å². The Bertz CT molecular complexity index is 712. The number of aliphatic imine (C=N–C) groups is 1. The van der Waals surface area contributed by atoms with Gasteiger partial charge in [-0.2, -0.15) is 0 Å². The van der Waals surface area contributed by atoms with E-state index in [1.165, 1.54) is 35.5 Å². The standard InChI is InChI=1S/C15H12BrN3O3/c1-18(10-17-13-6-4-12(16)5-7-13)15(20)11-2-8-14(9-3-11)19(21)22/h2-10H,1H3. The van der Waals surface area contributed by atoms with Gasteiger partial charge in [-0.3, -0.25) is 14.9 Å². The second-order valence-corrected chi connectivity index (χ2v) is 5.36. The minimum atomic E-state index is -0.507. The number of nitro benzene ring substituents is 1. The zero-order valence-electron chi connectivity index (χ0n) is 11.6. The Morgan fingerprint density at radius 2 is 1.77 bits per heavy atom. The third kappa shape index (κ3) is 3.98. The lowest BCUT2D eigenvalue weighted by molar-refractivity contribution is -0.384. The van der Waals surface area contributed by atoms with Crippen LogP contribution in [0.25, 0.3) is 0 Å². The van der Waals surface area contributed by atoms with Crippen molar-refractivity contribution in [3.05, 3.63) is 68.7 Å². The first kappa shape index (κ1) is 15.8. The molecule has 112 valence electrons. The number of hydrogen-bond acceptors (Lipinski definition) is 4. The van der Waals surface area contributed by atoms with Crippen LogP contribution in [-0.2, 0) is 0 Å². The first-order valence-corrected chi connectivity index (χ1v) is 7.08. The van der Waals surface area contributed by atoms with Crippen molar-refractivity contribution in [1.82, 2.24) is 4.90 Å². The Labute approximate surface area is 135 Å². The molecular weight excluding hydrogens is 350 g/mol. The van der Waals surface area contributed by atoms with Crippen molar-refractivity contribution >= 4 is 39.6 Å². The molecule has 0 aliphatic heterocycles. The number of nitro groups is 1. The Kier molecular flexibility index (Phi) is 5.00. The molecule has 0 saturated heterocycles. The summed E-state index contributed by atoms with van der Waals surface area (Å²) in [6, 6.07) is 12.8. The van der Waals surface area contributed by atoms with Crippen LogP contribution in [0.5, 0.6) is 0 Å². The molecule has 0 unspecified atom stereocenters. The number of nitrogens with zero attached hydrogens (tertiary/aromatic N) is 3. The third-order valence-electron chi connectivity index (χ3n) is 2.85. The second-order valence-electron chi connectivity index (χ2n) is 4.44. The minimum Gasteiger partial charge on any atom is -0.302 e. The fourth-order valence-corrected chi connectivity index (χ4v) is 1.93. The summed E-state index contributed by atoms with van der Waals surface area (Å²) in [4.78, 5) is 27.7. The van der Waals surface area contributed by atoms with Gasteiger partial charge >= 0.3 is 0 Å². The van der Waals surface area contributed by atoms with Crippen LogP contribution in [0.1, 0.15) is 10.4 Å². The van der Waals surface area contributed by atoms with E-state index in [-0.39, 0.29) is 11.6 Å². The Hall–Kier alpha value is -2.54. The van der Waals surface area contributed by atoms with Gasteiger partial charge in [0.25, 0.3) is 11.6 Å². The van der Waals surface area contributed by atoms with Gasteiger partial charge < -0.3 is 4.90 Å². The summed E-state index contributed by atoms with van der Waals surface area (Å²) in [6.45, 7) is 0. The molecule has 0 spiro atoms. The van der Waals surface area contributed by atoms with Crippen LogP contribution in [0.3, 0.4) is 0 Å². The summed E-state index contributed by atoms with van der Waals surface area (Å²) in [6.07, 6.45) is 1.41. The first-order chi connectivity index (χ1) is 10.5. The average molecular weight is 362 g/mol. The van der Waals surface area contributed by atoms with Gasteiger partial charge in [0, 0.05) is 29.2 Å². The molecule has 2 aromatic rings. The van der Waals surface area contributed by atoms with E-state index in [1.807, 2.05) is 24.3 Å². The van der Waals surface area contributed by atoms with Gasteiger partial charge in [-0.05, 0) is 36.4 Å². The van der Waals surface area contributed by atoms with E-state index in [4.69, 9.17) is 0 Å². The molecule has 2 aromatic carbocycles. The van der Waals surface area contributed by atoms with Gasteiger partial charge in [0.05, 0.1) is 16.9 Å². The monoisotopic (exact) mass is 361 g/mol. The summed E-state index contributed by atoms with van der Waals surface area (Å²) >= 11 is 3.33. The molecule has 1 amide bonds. The number of halogens is 1. The van der Waals surface area contributed by atoms with Gasteiger partial charge in [0.2, 0.25) is 0 Å². The summed E-state index contributed by atoms with van der Waals surface area (Å²) < 4.78 is 0.946. The fourth-order valence-electron chi connectivity index (χ4n) is 1.66. The lowest BCUT2D eigenvalue weighted by atomic mass is 10.2. The van der Waals surface area contributed by atoms with Gasteiger partial charge in [0.1, 0.15) is 0 Å². The molecule has 0 radical (unpaired) electrons. The first-order valence-electron chi connectivity index (χ1n) is 6.29. The summed E-state index contributed by atoms with van der Waals surface area (Å²) in [5.74, 6) is -0.296. The van der Waals surface area contributed by atoms with Crippen molar-refractivity contribution in [2.45, 2.75) is 0 Å².